The van der Waals surface area contributed by atoms with Gasteiger partial charge < -0.3 is 10.6 Å². The summed E-state index contributed by atoms with van der Waals surface area (Å²) in [6.45, 7) is 9.74. The van der Waals surface area contributed by atoms with E-state index in [1.807, 2.05) is 7.05 Å². The number of hydrogen-bond acceptors (Lipinski definition) is 3. The van der Waals surface area contributed by atoms with Crippen LogP contribution in [0.25, 0.3) is 0 Å². The summed E-state index contributed by atoms with van der Waals surface area (Å²) < 4.78 is 0. The minimum atomic E-state index is 0.0927. The van der Waals surface area contributed by atoms with Crippen LogP contribution in [-0.4, -0.2) is 44.0 Å². The molecule has 1 fully saturated rings. The van der Waals surface area contributed by atoms with Crippen LogP contribution in [0.3, 0.4) is 0 Å². The van der Waals surface area contributed by atoms with E-state index in [0.717, 1.165) is 36.4 Å². The molecular formula is C17H27N3O. The van der Waals surface area contributed by atoms with E-state index in [4.69, 9.17) is 0 Å². The maximum absolute atomic E-state index is 12.3. The van der Waals surface area contributed by atoms with Crippen LogP contribution in [0, 0.1) is 26.7 Å². The van der Waals surface area contributed by atoms with Crippen molar-refractivity contribution in [3.8, 4) is 0 Å². The van der Waals surface area contributed by atoms with Gasteiger partial charge in [0.1, 0.15) is 0 Å². The highest BCUT2D eigenvalue weighted by Crippen LogP contribution is 2.22. The van der Waals surface area contributed by atoms with Gasteiger partial charge in [-0.25, -0.2) is 0 Å². The minimum Gasteiger partial charge on any atom is -0.324 e. The second kappa shape index (κ2) is 7.05. The molecule has 0 bridgehead atoms. The number of likely N-dealkylation sites (tertiary alicyclic amines) is 1. The van der Waals surface area contributed by atoms with Gasteiger partial charge >= 0.3 is 0 Å². The molecule has 1 aromatic rings. The normalized spacial score (nSPS) is 19.0. The first-order valence-corrected chi connectivity index (χ1v) is 7.74. The quantitative estimate of drug-likeness (QED) is 0.872. The fourth-order valence-electron chi connectivity index (χ4n) is 3.27. The van der Waals surface area contributed by atoms with E-state index >= 15 is 0 Å². The third-order valence-corrected chi connectivity index (χ3v) is 4.17. The Morgan fingerprint density at radius 3 is 2.57 bits per heavy atom. The van der Waals surface area contributed by atoms with E-state index in [9.17, 15) is 4.79 Å². The van der Waals surface area contributed by atoms with Crippen molar-refractivity contribution in [2.45, 2.75) is 27.2 Å². The van der Waals surface area contributed by atoms with E-state index < -0.39 is 0 Å². The third-order valence-electron chi connectivity index (χ3n) is 4.17. The average Bonchev–Trinajstić information content (AvgIpc) is 2.81. The van der Waals surface area contributed by atoms with Gasteiger partial charge in [0, 0.05) is 12.2 Å². The van der Waals surface area contributed by atoms with Gasteiger partial charge in [-0.2, -0.15) is 0 Å². The molecule has 0 radical (unpaired) electrons. The third kappa shape index (κ3) is 4.29. The number of aryl methyl sites for hydroxylation is 3. The highest BCUT2D eigenvalue weighted by molar-refractivity contribution is 5.93. The highest BCUT2D eigenvalue weighted by atomic mass is 16.2. The van der Waals surface area contributed by atoms with Gasteiger partial charge in [-0.3, -0.25) is 9.69 Å². The highest BCUT2D eigenvalue weighted by Gasteiger charge is 2.23. The number of rotatable bonds is 5. The number of benzene rings is 1. The molecule has 4 heteroatoms. The predicted molar refractivity (Wildman–Crippen MR) is 87.8 cm³/mol. The Labute approximate surface area is 127 Å². The lowest BCUT2D eigenvalue weighted by Crippen LogP contribution is -2.32. The van der Waals surface area contributed by atoms with Crippen molar-refractivity contribution in [3.63, 3.8) is 0 Å². The van der Waals surface area contributed by atoms with Crippen LogP contribution < -0.4 is 10.6 Å². The zero-order valence-corrected chi connectivity index (χ0v) is 13.6. The summed E-state index contributed by atoms with van der Waals surface area (Å²) in [5, 5.41) is 6.30. The number of nitrogens with one attached hydrogen (secondary N) is 2. The van der Waals surface area contributed by atoms with Crippen molar-refractivity contribution in [1.82, 2.24) is 10.2 Å². The molecule has 1 aromatic carbocycles. The van der Waals surface area contributed by atoms with Gasteiger partial charge in [0.25, 0.3) is 0 Å². The Kier molecular flexibility index (Phi) is 5.37. The molecule has 1 saturated heterocycles. The molecule has 21 heavy (non-hydrogen) atoms. The van der Waals surface area contributed by atoms with Crippen LogP contribution in [-0.2, 0) is 4.79 Å². The molecule has 0 aromatic heterocycles. The van der Waals surface area contributed by atoms with Crippen LogP contribution in [0.5, 0.6) is 0 Å². The lowest BCUT2D eigenvalue weighted by Gasteiger charge is -2.17. The molecule has 0 aliphatic carbocycles. The van der Waals surface area contributed by atoms with Crippen molar-refractivity contribution >= 4 is 11.6 Å². The van der Waals surface area contributed by atoms with Crippen LogP contribution in [0.1, 0.15) is 23.1 Å². The summed E-state index contributed by atoms with van der Waals surface area (Å²) in [5.74, 6) is 0.765. The van der Waals surface area contributed by atoms with Crippen molar-refractivity contribution in [2.24, 2.45) is 5.92 Å². The molecule has 1 heterocycles. The first-order chi connectivity index (χ1) is 9.99. The molecule has 0 spiro atoms. The van der Waals surface area contributed by atoms with Gasteiger partial charge in [-0.1, -0.05) is 17.7 Å². The van der Waals surface area contributed by atoms with E-state index in [1.54, 1.807) is 0 Å². The Hall–Kier alpha value is -1.39. The Bertz CT molecular complexity index is 490. The molecule has 1 aliphatic heterocycles. The topological polar surface area (TPSA) is 44.4 Å². The SMILES string of the molecule is CNCC1CCN(CC(=O)Nc2c(C)cc(C)cc2C)C1. The number of carbonyl (C=O) groups is 1. The lowest BCUT2D eigenvalue weighted by molar-refractivity contribution is -0.117. The zero-order chi connectivity index (χ0) is 15.4. The van der Waals surface area contributed by atoms with Crippen LogP contribution in [0.4, 0.5) is 5.69 Å². The molecule has 2 rings (SSSR count). The molecule has 1 aliphatic rings. The van der Waals surface area contributed by atoms with Crippen LogP contribution in [0.2, 0.25) is 0 Å². The second-order valence-electron chi connectivity index (χ2n) is 6.27. The second-order valence-corrected chi connectivity index (χ2v) is 6.27. The lowest BCUT2D eigenvalue weighted by atomic mass is 10.1. The Balaban J connectivity index is 1.91. The van der Waals surface area contributed by atoms with Gasteiger partial charge in [0.05, 0.1) is 6.54 Å². The van der Waals surface area contributed by atoms with Crippen molar-refractivity contribution in [1.29, 1.82) is 0 Å². The minimum absolute atomic E-state index is 0.0927. The summed E-state index contributed by atoms with van der Waals surface area (Å²) in [4.78, 5) is 14.5. The molecular weight excluding hydrogens is 262 g/mol. The first-order valence-electron chi connectivity index (χ1n) is 7.74. The molecule has 1 unspecified atom stereocenters. The van der Waals surface area contributed by atoms with Gasteiger partial charge in [-0.15, -0.1) is 0 Å². The predicted octanol–water partition coefficient (Wildman–Crippen LogP) is 2.09. The number of nitrogens with zero attached hydrogens (tertiary/aromatic N) is 1. The Morgan fingerprint density at radius 2 is 1.95 bits per heavy atom. The van der Waals surface area contributed by atoms with E-state index in [0.29, 0.717) is 12.5 Å². The smallest absolute Gasteiger partial charge is 0.238 e. The maximum Gasteiger partial charge on any atom is 0.238 e. The summed E-state index contributed by atoms with van der Waals surface area (Å²) in [6, 6.07) is 4.23. The van der Waals surface area contributed by atoms with Crippen LogP contribution >= 0.6 is 0 Å². The summed E-state index contributed by atoms with van der Waals surface area (Å²) in [7, 11) is 1.98. The fourth-order valence-corrected chi connectivity index (χ4v) is 3.27. The van der Waals surface area contributed by atoms with E-state index in [2.05, 4.69) is 48.4 Å². The molecule has 4 nitrogen and oxygen atoms in total. The standard InChI is InChI=1S/C17H27N3O/c1-12-7-13(2)17(14(3)8-12)19-16(21)11-20-6-5-15(10-20)9-18-4/h7-8,15,18H,5-6,9-11H2,1-4H3,(H,19,21). The van der Waals surface area contributed by atoms with Gasteiger partial charge in [0.15, 0.2) is 0 Å². The summed E-state index contributed by atoms with van der Waals surface area (Å²) in [5.41, 5.74) is 4.47. The molecule has 116 valence electrons. The van der Waals surface area contributed by atoms with Crippen molar-refractivity contribution < 1.29 is 4.79 Å². The van der Waals surface area contributed by atoms with E-state index in [-0.39, 0.29) is 5.91 Å². The number of carbonyl (C=O) groups excluding carboxylic acids is 1. The number of anilines is 1. The zero-order valence-electron chi connectivity index (χ0n) is 13.6. The number of hydrogen-bond donors (Lipinski definition) is 2. The number of amides is 1. The van der Waals surface area contributed by atoms with Gasteiger partial charge in [0.2, 0.25) is 5.91 Å². The van der Waals surface area contributed by atoms with Crippen molar-refractivity contribution in [2.75, 3.05) is 38.5 Å². The molecule has 1 amide bonds. The van der Waals surface area contributed by atoms with Crippen LogP contribution in [0.15, 0.2) is 12.1 Å². The maximum atomic E-state index is 12.3. The Morgan fingerprint density at radius 1 is 1.29 bits per heavy atom. The van der Waals surface area contributed by atoms with E-state index in [1.165, 1.54) is 12.0 Å². The average molecular weight is 289 g/mol. The fraction of sp³-hybridized carbons (Fsp3) is 0.588. The van der Waals surface area contributed by atoms with Gasteiger partial charge in [-0.05, 0) is 64.4 Å². The monoisotopic (exact) mass is 289 g/mol. The molecule has 0 saturated carbocycles. The summed E-state index contributed by atoms with van der Waals surface area (Å²) in [6.07, 6.45) is 1.18. The first kappa shape index (κ1) is 16.0. The summed E-state index contributed by atoms with van der Waals surface area (Å²) >= 11 is 0. The van der Waals surface area contributed by atoms with Crippen molar-refractivity contribution in [3.05, 3.63) is 28.8 Å². The largest absolute Gasteiger partial charge is 0.324 e. The molecule has 2 N–H and O–H groups in total. The molecule has 1 atom stereocenters.